The molecule has 3 N–H and O–H groups in total. The Morgan fingerprint density at radius 1 is 1.27 bits per heavy atom. The van der Waals surface area contributed by atoms with Gasteiger partial charge in [-0.3, -0.25) is 14.5 Å². The zero-order valence-electron chi connectivity index (χ0n) is 16.6. The van der Waals surface area contributed by atoms with E-state index in [1.807, 2.05) is 27.9 Å². The second-order valence-electron chi connectivity index (χ2n) is 7.21. The molecule has 0 unspecified atom stereocenters. The lowest BCUT2D eigenvalue weighted by molar-refractivity contribution is -0.126. The topological polar surface area (TPSA) is 115 Å². The number of nitrogen functional groups attached to an aromatic ring is 1. The van der Waals surface area contributed by atoms with E-state index in [0.717, 1.165) is 29.5 Å². The number of piperidine rings is 1. The Hall–Kier alpha value is -3.75. The summed E-state index contributed by atoms with van der Waals surface area (Å²) >= 11 is 0. The molecule has 3 aromatic heterocycles. The van der Waals surface area contributed by atoms with Crippen molar-refractivity contribution >= 4 is 17.5 Å². The molecule has 9 heteroatoms. The van der Waals surface area contributed by atoms with Crippen molar-refractivity contribution in [1.29, 1.82) is 0 Å². The first kappa shape index (κ1) is 19.6. The number of anilines is 2. The number of hydrogen-bond acceptors (Lipinski definition) is 7. The maximum absolute atomic E-state index is 11.8. The lowest BCUT2D eigenvalue weighted by atomic mass is 10.0. The molecule has 3 aromatic rings. The lowest BCUT2D eigenvalue weighted by Gasteiger charge is -2.32. The van der Waals surface area contributed by atoms with Crippen LogP contribution in [0.4, 0.5) is 11.6 Å². The van der Waals surface area contributed by atoms with Gasteiger partial charge in [0, 0.05) is 43.3 Å². The molecule has 1 saturated heterocycles. The normalized spacial score (nSPS) is 14.5. The highest BCUT2D eigenvalue weighted by Crippen LogP contribution is 2.31. The van der Waals surface area contributed by atoms with Crippen LogP contribution in [0.5, 0.6) is 0 Å². The first-order valence-corrected chi connectivity index (χ1v) is 9.84. The molecule has 1 fully saturated rings. The summed E-state index contributed by atoms with van der Waals surface area (Å²) in [5, 5.41) is 7.94. The Bertz CT molecular complexity index is 1020. The molecule has 1 amide bonds. The smallest absolute Gasteiger partial charge is 0.245 e. The molecule has 4 rings (SSSR count). The van der Waals surface area contributed by atoms with Crippen LogP contribution in [0.25, 0.3) is 11.1 Å². The summed E-state index contributed by atoms with van der Waals surface area (Å²) in [6.07, 6.45) is 11.7. The van der Waals surface area contributed by atoms with Crippen LogP contribution in [0.2, 0.25) is 0 Å². The molecule has 0 radical (unpaired) electrons. The highest BCUT2D eigenvalue weighted by Gasteiger charge is 2.23. The van der Waals surface area contributed by atoms with Crippen molar-refractivity contribution in [2.45, 2.75) is 25.4 Å². The van der Waals surface area contributed by atoms with Crippen molar-refractivity contribution in [2.75, 3.05) is 24.1 Å². The molecule has 0 aromatic carbocycles. The van der Waals surface area contributed by atoms with Crippen molar-refractivity contribution in [3.05, 3.63) is 61.5 Å². The van der Waals surface area contributed by atoms with Crippen LogP contribution < -0.4 is 11.1 Å². The Morgan fingerprint density at radius 3 is 2.77 bits per heavy atom. The molecule has 0 atom stereocenters. The number of nitrogens with zero attached hydrogens (tertiary/aromatic N) is 6. The van der Waals surface area contributed by atoms with Crippen molar-refractivity contribution in [3.8, 4) is 11.1 Å². The van der Waals surface area contributed by atoms with Crippen LogP contribution in [0, 0.1) is 0 Å². The fourth-order valence-electron chi connectivity index (χ4n) is 3.61. The third-order valence-electron chi connectivity index (χ3n) is 5.21. The van der Waals surface area contributed by atoms with Crippen LogP contribution in [-0.4, -0.2) is 54.7 Å². The van der Waals surface area contributed by atoms with Gasteiger partial charge in [-0.2, -0.15) is 5.10 Å². The zero-order chi connectivity index (χ0) is 20.9. The van der Waals surface area contributed by atoms with E-state index in [9.17, 15) is 4.79 Å². The third kappa shape index (κ3) is 4.29. The van der Waals surface area contributed by atoms with Crippen LogP contribution in [0.15, 0.2) is 55.9 Å². The van der Waals surface area contributed by atoms with Crippen molar-refractivity contribution in [1.82, 2.24) is 29.6 Å². The molecule has 1 aliphatic rings. The van der Waals surface area contributed by atoms with Gasteiger partial charge in [0.2, 0.25) is 5.91 Å². The van der Waals surface area contributed by atoms with Gasteiger partial charge in [0.1, 0.15) is 18.0 Å². The van der Waals surface area contributed by atoms with Crippen LogP contribution in [0.1, 0.15) is 18.4 Å². The second-order valence-corrected chi connectivity index (χ2v) is 7.21. The maximum Gasteiger partial charge on any atom is 0.245 e. The number of hydrogen-bond donors (Lipinski definition) is 2. The summed E-state index contributed by atoms with van der Waals surface area (Å²) in [7, 11) is 0. The van der Waals surface area contributed by atoms with E-state index in [1.54, 1.807) is 18.6 Å². The fourth-order valence-corrected chi connectivity index (χ4v) is 3.61. The van der Waals surface area contributed by atoms with E-state index in [2.05, 4.69) is 31.9 Å². The summed E-state index contributed by atoms with van der Waals surface area (Å²) in [5.74, 6) is 1.05. The molecule has 4 heterocycles. The fraction of sp³-hybridized carbons (Fsp3) is 0.286. The van der Waals surface area contributed by atoms with E-state index < -0.39 is 0 Å². The maximum atomic E-state index is 11.8. The van der Waals surface area contributed by atoms with Gasteiger partial charge in [-0.25, -0.2) is 9.97 Å². The van der Waals surface area contributed by atoms with Gasteiger partial charge in [-0.05, 0) is 36.6 Å². The summed E-state index contributed by atoms with van der Waals surface area (Å²) in [6.45, 7) is 5.56. The number of amides is 1. The number of likely N-dealkylation sites (tertiary alicyclic amines) is 1. The highest BCUT2D eigenvalue weighted by molar-refractivity contribution is 5.87. The number of aromatic nitrogens is 5. The first-order valence-electron chi connectivity index (χ1n) is 9.84. The summed E-state index contributed by atoms with van der Waals surface area (Å²) in [6, 6.07) is 4.11. The lowest BCUT2D eigenvalue weighted by Crippen LogP contribution is -2.41. The second kappa shape index (κ2) is 8.73. The Morgan fingerprint density at radius 2 is 2.03 bits per heavy atom. The number of pyridine rings is 1. The Balaban J connectivity index is 1.50. The third-order valence-corrected chi connectivity index (χ3v) is 5.21. The molecule has 30 heavy (non-hydrogen) atoms. The van der Waals surface area contributed by atoms with Crippen molar-refractivity contribution < 1.29 is 4.79 Å². The van der Waals surface area contributed by atoms with E-state index in [4.69, 9.17) is 5.73 Å². The predicted octanol–water partition coefficient (Wildman–Crippen LogP) is 1.95. The minimum Gasteiger partial charge on any atom is -0.383 e. The zero-order valence-corrected chi connectivity index (χ0v) is 16.6. The van der Waals surface area contributed by atoms with Crippen molar-refractivity contribution in [2.24, 2.45) is 0 Å². The van der Waals surface area contributed by atoms with E-state index in [1.165, 1.54) is 12.4 Å². The largest absolute Gasteiger partial charge is 0.383 e. The minimum atomic E-state index is -0.0259. The van der Waals surface area contributed by atoms with E-state index >= 15 is 0 Å². The number of nitrogens with one attached hydrogen (secondary N) is 1. The molecule has 0 aliphatic carbocycles. The van der Waals surface area contributed by atoms with E-state index in [0.29, 0.717) is 31.3 Å². The van der Waals surface area contributed by atoms with Gasteiger partial charge >= 0.3 is 0 Å². The highest BCUT2D eigenvalue weighted by atomic mass is 16.2. The van der Waals surface area contributed by atoms with Gasteiger partial charge in [0.15, 0.2) is 0 Å². The molecule has 154 valence electrons. The summed E-state index contributed by atoms with van der Waals surface area (Å²) in [5.41, 5.74) is 8.90. The molecular weight excluding hydrogens is 380 g/mol. The molecule has 0 saturated carbocycles. The van der Waals surface area contributed by atoms with Crippen LogP contribution in [-0.2, 0) is 11.3 Å². The van der Waals surface area contributed by atoms with Gasteiger partial charge in [-0.15, -0.1) is 0 Å². The molecular formula is C21H24N8O. The average Bonchev–Trinajstić information content (AvgIpc) is 3.22. The summed E-state index contributed by atoms with van der Waals surface area (Å²) in [4.78, 5) is 26.2. The first-order chi connectivity index (χ1) is 14.6. The monoisotopic (exact) mass is 404 g/mol. The van der Waals surface area contributed by atoms with Crippen LogP contribution in [0.3, 0.4) is 0 Å². The molecule has 9 nitrogen and oxygen atoms in total. The molecule has 0 spiro atoms. The SMILES string of the molecule is C=CC(=O)N1CCC(Nc2ncnc(N)c2-c2cnn(Cc3ccncc3)c2)CC1. The predicted molar refractivity (Wildman–Crippen MR) is 114 cm³/mol. The van der Waals surface area contributed by atoms with Crippen LogP contribution >= 0.6 is 0 Å². The quantitative estimate of drug-likeness (QED) is 0.604. The number of carbonyl (C=O) groups is 1. The van der Waals surface area contributed by atoms with Gasteiger partial charge in [0.05, 0.1) is 18.3 Å². The van der Waals surface area contributed by atoms with Gasteiger partial charge < -0.3 is 16.0 Å². The average molecular weight is 404 g/mol. The van der Waals surface area contributed by atoms with E-state index in [-0.39, 0.29) is 11.9 Å². The van der Waals surface area contributed by atoms with Gasteiger partial charge in [0.25, 0.3) is 0 Å². The molecule has 0 bridgehead atoms. The number of rotatable bonds is 6. The number of carbonyl (C=O) groups excluding carboxylic acids is 1. The number of nitrogens with two attached hydrogens (primary N) is 1. The Kier molecular flexibility index (Phi) is 5.69. The minimum absolute atomic E-state index is 0.0259. The van der Waals surface area contributed by atoms with Crippen molar-refractivity contribution in [3.63, 3.8) is 0 Å². The van der Waals surface area contributed by atoms with Gasteiger partial charge in [-0.1, -0.05) is 6.58 Å². The molecule has 1 aliphatic heterocycles. The Labute approximate surface area is 174 Å². The summed E-state index contributed by atoms with van der Waals surface area (Å²) < 4.78 is 1.85. The standard InChI is InChI=1S/C21H24N8O/c1-2-18(30)28-9-5-17(6-10-28)27-21-19(20(22)24-14-25-21)16-11-26-29(13-16)12-15-3-7-23-8-4-15/h2-4,7-8,11,13-14,17H,1,5-6,9-10,12H2,(H3,22,24,25,27).